The Morgan fingerprint density at radius 2 is 1.71 bits per heavy atom. The van der Waals surface area contributed by atoms with Crippen LogP contribution in [0.15, 0.2) is 83.3 Å². The third kappa shape index (κ3) is 4.79. The molecule has 0 spiro atoms. The first kappa shape index (κ1) is 27.2. The van der Waals surface area contributed by atoms with E-state index in [1.165, 1.54) is 23.5 Å². The summed E-state index contributed by atoms with van der Waals surface area (Å²) < 4.78 is 46.7. The Morgan fingerprint density at radius 3 is 2.43 bits per heavy atom. The number of halogens is 1. The van der Waals surface area contributed by atoms with Gasteiger partial charge in [0, 0.05) is 42.2 Å². The summed E-state index contributed by atoms with van der Waals surface area (Å²) in [5.74, 6) is 0.221. The highest BCUT2D eigenvalue weighted by atomic mass is 32.2. The predicted molar refractivity (Wildman–Crippen MR) is 164 cm³/mol. The molecule has 1 amide bonds. The molecule has 10 heteroatoms. The number of aromatic amines is 1. The van der Waals surface area contributed by atoms with Gasteiger partial charge < -0.3 is 14.7 Å². The van der Waals surface area contributed by atoms with Crippen LogP contribution in [0.1, 0.15) is 15.9 Å². The Bertz CT molecular complexity index is 2110. The number of benzene rings is 4. The van der Waals surface area contributed by atoms with Gasteiger partial charge in [0.15, 0.2) is 0 Å². The highest BCUT2D eigenvalue weighted by Gasteiger charge is 2.26. The molecule has 0 unspecified atom stereocenters. The minimum Gasteiger partial charge on any atom is -0.455 e. The molecule has 2 heterocycles. The van der Waals surface area contributed by atoms with Gasteiger partial charge in [-0.25, -0.2) is 17.8 Å². The second kappa shape index (κ2) is 10.1. The lowest BCUT2D eigenvalue weighted by Gasteiger charge is -2.21. The van der Waals surface area contributed by atoms with Gasteiger partial charge in [0.2, 0.25) is 10.0 Å². The smallest absolute Gasteiger partial charge is 0.255 e. The van der Waals surface area contributed by atoms with Crippen LogP contribution in [-0.2, 0) is 10.0 Å². The zero-order chi connectivity index (χ0) is 29.8. The lowest BCUT2D eigenvalue weighted by molar-refractivity contribution is 0.0964. The molecular formula is C32H27FN4O4S. The van der Waals surface area contributed by atoms with E-state index < -0.39 is 10.0 Å². The molecule has 212 valence electrons. The zero-order valence-corrected chi connectivity index (χ0v) is 24.1. The maximum Gasteiger partial charge on any atom is 0.255 e. The molecule has 2 aromatic heterocycles. The number of anilines is 1. The number of aromatic nitrogens is 2. The van der Waals surface area contributed by atoms with Crippen molar-refractivity contribution in [2.24, 2.45) is 0 Å². The summed E-state index contributed by atoms with van der Waals surface area (Å²) in [5.41, 5.74) is 6.03. The van der Waals surface area contributed by atoms with Crippen LogP contribution in [0, 0.1) is 12.7 Å². The van der Waals surface area contributed by atoms with Crippen molar-refractivity contribution in [1.82, 2.24) is 15.3 Å². The van der Waals surface area contributed by atoms with Crippen LogP contribution in [-0.4, -0.2) is 44.6 Å². The number of carbonyl (C=O) groups excluding carboxylic acids is 1. The fourth-order valence-electron chi connectivity index (χ4n) is 5.01. The van der Waals surface area contributed by atoms with E-state index in [2.05, 4.69) is 15.3 Å². The standard InChI is InChI=1S/C32H27FN4O4S/c1-18-8-10-19(11-9-18)30-29(32(38)34-2)24-16-23(27(17-28(24)41-30)37(3)42(4,39)40)20-6-5-7-21(14-20)31-35-25-13-12-22(33)15-26(25)36-31/h5-17H,1-4H3,(H,34,38)(H,35,36). The Morgan fingerprint density at radius 1 is 0.976 bits per heavy atom. The van der Waals surface area contributed by atoms with Gasteiger partial charge in [0.05, 0.1) is 28.5 Å². The van der Waals surface area contributed by atoms with Gasteiger partial charge in [0.1, 0.15) is 23.0 Å². The molecule has 0 atom stereocenters. The van der Waals surface area contributed by atoms with Crippen LogP contribution in [0.2, 0.25) is 0 Å². The highest BCUT2D eigenvalue weighted by Crippen LogP contribution is 2.42. The van der Waals surface area contributed by atoms with Gasteiger partial charge in [0.25, 0.3) is 5.91 Å². The molecule has 0 saturated carbocycles. The average molecular weight is 583 g/mol. The summed E-state index contributed by atoms with van der Waals surface area (Å²) in [4.78, 5) is 21.0. The topological polar surface area (TPSA) is 108 Å². The van der Waals surface area contributed by atoms with E-state index in [0.29, 0.717) is 56.0 Å². The number of aryl methyl sites for hydroxylation is 1. The fraction of sp³-hybridized carbons (Fsp3) is 0.125. The minimum absolute atomic E-state index is 0.331. The van der Waals surface area contributed by atoms with Crippen LogP contribution >= 0.6 is 0 Å². The molecule has 0 bridgehead atoms. The lowest BCUT2D eigenvalue weighted by atomic mass is 9.97. The van der Waals surface area contributed by atoms with Crippen LogP contribution in [0.3, 0.4) is 0 Å². The molecule has 0 fully saturated rings. The fourth-order valence-corrected chi connectivity index (χ4v) is 5.52. The van der Waals surface area contributed by atoms with Crippen molar-refractivity contribution in [3.8, 4) is 33.8 Å². The second-order valence-corrected chi connectivity index (χ2v) is 12.2. The van der Waals surface area contributed by atoms with Crippen LogP contribution in [0.5, 0.6) is 0 Å². The van der Waals surface area contributed by atoms with E-state index in [1.54, 1.807) is 25.2 Å². The van der Waals surface area contributed by atoms with Crippen molar-refractivity contribution in [2.75, 3.05) is 24.7 Å². The molecule has 0 saturated heterocycles. The molecule has 8 nitrogen and oxygen atoms in total. The predicted octanol–water partition coefficient (Wildman–Crippen LogP) is 6.51. The first-order valence-corrected chi connectivity index (χ1v) is 15.0. The second-order valence-electron chi connectivity index (χ2n) is 10.2. The number of fused-ring (bicyclic) bond motifs is 2. The first-order valence-electron chi connectivity index (χ1n) is 13.1. The number of imidazole rings is 1. The number of hydrogen-bond acceptors (Lipinski definition) is 5. The third-order valence-electron chi connectivity index (χ3n) is 7.30. The lowest BCUT2D eigenvalue weighted by Crippen LogP contribution is -2.25. The van der Waals surface area contributed by atoms with E-state index in [9.17, 15) is 17.6 Å². The quantitative estimate of drug-likeness (QED) is 0.233. The SMILES string of the molecule is CNC(=O)c1c(-c2ccc(C)cc2)oc2cc(N(C)S(C)(=O)=O)c(-c3cccc(-c4nc5ccc(F)cc5[nH]4)c3)cc12. The molecule has 6 aromatic rings. The summed E-state index contributed by atoms with van der Waals surface area (Å²) in [6.07, 6.45) is 1.13. The minimum atomic E-state index is -3.66. The molecule has 6 rings (SSSR count). The molecule has 0 radical (unpaired) electrons. The number of sulfonamides is 1. The van der Waals surface area contributed by atoms with Crippen molar-refractivity contribution in [3.05, 3.63) is 95.8 Å². The monoisotopic (exact) mass is 582 g/mol. The number of hydrogen-bond donors (Lipinski definition) is 2. The molecule has 2 N–H and O–H groups in total. The number of nitrogens with one attached hydrogen (secondary N) is 2. The van der Waals surface area contributed by atoms with Gasteiger partial charge in [-0.1, -0.05) is 48.0 Å². The van der Waals surface area contributed by atoms with E-state index in [-0.39, 0.29) is 11.7 Å². The van der Waals surface area contributed by atoms with Crippen molar-refractivity contribution in [2.45, 2.75) is 6.92 Å². The van der Waals surface area contributed by atoms with E-state index in [0.717, 1.165) is 22.9 Å². The average Bonchev–Trinajstić information content (AvgIpc) is 3.56. The third-order valence-corrected chi connectivity index (χ3v) is 8.49. The Kier molecular flexibility index (Phi) is 6.58. The van der Waals surface area contributed by atoms with E-state index in [1.807, 2.05) is 55.5 Å². The first-order chi connectivity index (χ1) is 20.0. The van der Waals surface area contributed by atoms with Crippen molar-refractivity contribution in [3.63, 3.8) is 0 Å². The summed E-state index contributed by atoms with van der Waals surface area (Å²) in [6.45, 7) is 1.97. The number of nitrogens with zero attached hydrogens (tertiary/aromatic N) is 2. The molecular weight excluding hydrogens is 555 g/mol. The molecule has 4 aromatic carbocycles. The number of rotatable bonds is 6. The van der Waals surface area contributed by atoms with Gasteiger partial charge in [-0.3, -0.25) is 9.10 Å². The number of amides is 1. The summed E-state index contributed by atoms with van der Waals surface area (Å²) in [5, 5.41) is 3.24. The summed E-state index contributed by atoms with van der Waals surface area (Å²) in [6, 6.07) is 22.8. The summed E-state index contributed by atoms with van der Waals surface area (Å²) in [7, 11) is -0.637. The van der Waals surface area contributed by atoms with Gasteiger partial charge in [-0.15, -0.1) is 0 Å². The summed E-state index contributed by atoms with van der Waals surface area (Å²) >= 11 is 0. The number of furan rings is 1. The molecule has 42 heavy (non-hydrogen) atoms. The van der Waals surface area contributed by atoms with E-state index in [4.69, 9.17) is 4.42 Å². The Balaban J connectivity index is 1.60. The van der Waals surface area contributed by atoms with Gasteiger partial charge in [-0.2, -0.15) is 0 Å². The largest absolute Gasteiger partial charge is 0.455 e. The van der Waals surface area contributed by atoms with Crippen LogP contribution < -0.4 is 9.62 Å². The van der Waals surface area contributed by atoms with Crippen molar-refractivity contribution < 1.29 is 22.0 Å². The maximum absolute atomic E-state index is 13.8. The normalized spacial score (nSPS) is 11.7. The molecule has 0 aliphatic heterocycles. The van der Waals surface area contributed by atoms with Crippen molar-refractivity contribution in [1.29, 1.82) is 0 Å². The zero-order valence-electron chi connectivity index (χ0n) is 23.3. The molecule has 0 aliphatic carbocycles. The van der Waals surface area contributed by atoms with E-state index >= 15 is 0 Å². The maximum atomic E-state index is 13.8. The van der Waals surface area contributed by atoms with Crippen molar-refractivity contribution >= 4 is 43.6 Å². The number of carbonyl (C=O) groups is 1. The van der Waals surface area contributed by atoms with Crippen LogP contribution in [0.25, 0.3) is 55.8 Å². The van der Waals surface area contributed by atoms with Gasteiger partial charge in [-0.05, 0) is 42.8 Å². The number of H-pyrrole nitrogens is 1. The van der Waals surface area contributed by atoms with Crippen LogP contribution in [0.4, 0.5) is 10.1 Å². The Labute approximate surface area is 241 Å². The Hall–Kier alpha value is -4.96. The highest BCUT2D eigenvalue weighted by molar-refractivity contribution is 7.92. The van der Waals surface area contributed by atoms with Gasteiger partial charge >= 0.3 is 0 Å². The molecule has 0 aliphatic rings.